The van der Waals surface area contributed by atoms with Gasteiger partial charge in [0, 0.05) is 12.5 Å². The van der Waals surface area contributed by atoms with E-state index in [-0.39, 0.29) is 24.7 Å². The Morgan fingerprint density at radius 3 is 2.81 bits per heavy atom. The molecule has 0 aliphatic heterocycles. The lowest BCUT2D eigenvalue weighted by molar-refractivity contribution is -0.121. The minimum absolute atomic E-state index is 0.0328. The van der Waals surface area contributed by atoms with Gasteiger partial charge in [0.2, 0.25) is 5.91 Å². The molecule has 3 N–H and O–H groups in total. The van der Waals surface area contributed by atoms with Crippen molar-refractivity contribution in [1.82, 2.24) is 5.43 Å². The van der Waals surface area contributed by atoms with Crippen molar-refractivity contribution in [3.05, 3.63) is 29.8 Å². The first-order valence-electron chi connectivity index (χ1n) is 4.71. The highest BCUT2D eigenvalue weighted by Crippen LogP contribution is 2.17. The van der Waals surface area contributed by atoms with Crippen LogP contribution in [-0.4, -0.2) is 12.5 Å². The van der Waals surface area contributed by atoms with E-state index in [2.05, 4.69) is 0 Å². The second-order valence-corrected chi connectivity index (χ2v) is 3.09. The maximum absolute atomic E-state index is 13.0. The van der Waals surface area contributed by atoms with Crippen LogP contribution in [0.1, 0.15) is 12.8 Å². The molecule has 1 aromatic carbocycles. The van der Waals surface area contributed by atoms with Crippen molar-refractivity contribution in [2.45, 2.75) is 12.8 Å². The van der Waals surface area contributed by atoms with Crippen LogP contribution in [0.2, 0.25) is 0 Å². The van der Waals surface area contributed by atoms with Crippen LogP contribution < -0.4 is 16.0 Å². The van der Waals surface area contributed by atoms with E-state index in [0.717, 1.165) is 12.1 Å². The van der Waals surface area contributed by atoms with Gasteiger partial charge in [-0.1, -0.05) is 0 Å². The summed E-state index contributed by atoms with van der Waals surface area (Å²) in [6, 6.07) is 3.04. The Morgan fingerprint density at radius 2 is 2.19 bits per heavy atom. The number of hydrogen-bond donors (Lipinski definition) is 2. The molecule has 0 saturated carbocycles. The first kappa shape index (κ1) is 12.4. The number of halogens is 2. The number of hydrogen-bond acceptors (Lipinski definition) is 3. The molecule has 6 heteroatoms. The summed E-state index contributed by atoms with van der Waals surface area (Å²) in [4.78, 5) is 10.7. The van der Waals surface area contributed by atoms with Crippen LogP contribution >= 0.6 is 0 Å². The molecule has 88 valence electrons. The van der Waals surface area contributed by atoms with Gasteiger partial charge in [-0.15, -0.1) is 0 Å². The third-order valence-corrected chi connectivity index (χ3v) is 1.86. The molecule has 0 saturated heterocycles. The van der Waals surface area contributed by atoms with Crippen LogP contribution in [0.25, 0.3) is 0 Å². The van der Waals surface area contributed by atoms with E-state index in [1.807, 2.05) is 5.43 Å². The first-order valence-corrected chi connectivity index (χ1v) is 4.71. The Balaban J connectivity index is 2.35. The summed E-state index contributed by atoms with van der Waals surface area (Å²) >= 11 is 0. The number of nitrogens with two attached hydrogens (primary N) is 1. The smallest absolute Gasteiger partial charge is 0.234 e. The molecule has 16 heavy (non-hydrogen) atoms. The number of nitrogens with one attached hydrogen (secondary N) is 1. The Morgan fingerprint density at radius 1 is 1.44 bits per heavy atom. The van der Waals surface area contributed by atoms with Gasteiger partial charge in [-0.05, 0) is 18.6 Å². The van der Waals surface area contributed by atoms with Crippen molar-refractivity contribution >= 4 is 5.91 Å². The average Bonchev–Trinajstić information content (AvgIpc) is 2.26. The number of rotatable bonds is 5. The molecule has 0 fully saturated rings. The molecule has 0 aliphatic rings. The topological polar surface area (TPSA) is 64.3 Å². The molecule has 1 amide bonds. The quantitative estimate of drug-likeness (QED) is 0.345. The molecule has 4 nitrogen and oxygen atoms in total. The average molecular weight is 230 g/mol. The SMILES string of the molecule is NNC(=O)CCCOc1ccc(F)cc1F. The number of hydrazine groups is 1. The van der Waals surface area contributed by atoms with E-state index in [0.29, 0.717) is 6.42 Å². The molecule has 0 unspecified atom stereocenters. The Bertz CT molecular complexity index is 372. The van der Waals surface area contributed by atoms with Gasteiger partial charge in [-0.25, -0.2) is 14.6 Å². The fourth-order valence-electron chi connectivity index (χ4n) is 1.08. The molecule has 1 rings (SSSR count). The predicted molar refractivity (Wildman–Crippen MR) is 53.4 cm³/mol. The van der Waals surface area contributed by atoms with Gasteiger partial charge in [-0.2, -0.15) is 0 Å². The number of benzene rings is 1. The summed E-state index contributed by atoms with van der Waals surface area (Å²) in [7, 11) is 0. The summed E-state index contributed by atoms with van der Waals surface area (Å²) in [5.41, 5.74) is 1.96. The van der Waals surface area contributed by atoms with E-state index in [1.165, 1.54) is 6.07 Å². The van der Waals surface area contributed by atoms with Crippen molar-refractivity contribution in [2.75, 3.05) is 6.61 Å². The fraction of sp³-hybridized carbons (Fsp3) is 0.300. The van der Waals surface area contributed by atoms with Gasteiger partial charge in [0.05, 0.1) is 6.61 Å². The van der Waals surface area contributed by atoms with Crippen LogP contribution in [0.4, 0.5) is 8.78 Å². The minimum atomic E-state index is -0.761. The zero-order valence-electron chi connectivity index (χ0n) is 8.50. The highest BCUT2D eigenvalue weighted by molar-refractivity contribution is 5.75. The van der Waals surface area contributed by atoms with Crippen LogP contribution in [0, 0.1) is 11.6 Å². The molecule has 0 atom stereocenters. The van der Waals surface area contributed by atoms with E-state index < -0.39 is 11.6 Å². The van der Waals surface area contributed by atoms with Crippen LogP contribution in [0.3, 0.4) is 0 Å². The van der Waals surface area contributed by atoms with Crippen molar-refractivity contribution < 1.29 is 18.3 Å². The highest BCUT2D eigenvalue weighted by atomic mass is 19.1. The predicted octanol–water partition coefficient (Wildman–Crippen LogP) is 1.11. The first-order chi connectivity index (χ1) is 7.63. The van der Waals surface area contributed by atoms with Crippen LogP contribution in [0.15, 0.2) is 18.2 Å². The molecule has 0 aromatic heterocycles. The highest BCUT2D eigenvalue weighted by Gasteiger charge is 2.05. The minimum Gasteiger partial charge on any atom is -0.491 e. The number of carbonyl (C=O) groups excluding carboxylic acids is 1. The van der Waals surface area contributed by atoms with Gasteiger partial charge >= 0.3 is 0 Å². The largest absolute Gasteiger partial charge is 0.491 e. The number of carbonyl (C=O) groups is 1. The second-order valence-electron chi connectivity index (χ2n) is 3.09. The summed E-state index contributed by atoms with van der Waals surface area (Å²) in [6.45, 7) is 0.163. The number of ether oxygens (including phenoxy) is 1. The molecule has 0 bridgehead atoms. The van der Waals surface area contributed by atoms with Gasteiger partial charge in [0.15, 0.2) is 11.6 Å². The van der Waals surface area contributed by atoms with Gasteiger partial charge < -0.3 is 4.74 Å². The van der Waals surface area contributed by atoms with E-state index in [9.17, 15) is 13.6 Å². The standard InChI is InChI=1S/C10H12F2N2O2/c11-7-3-4-9(8(12)6-7)16-5-1-2-10(15)14-13/h3-4,6H,1-2,5,13H2,(H,14,15). The van der Waals surface area contributed by atoms with E-state index in [1.54, 1.807) is 0 Å². The number of amides is 1. The summed E-state index contributed by atoms with van der Waals surface area (Å²) in [5.74, 6) is 3.09. The normalized spacial score (nSPS) is 9.94. The van der Waals surface area contributed by atoms with Crippen LogP contribution in [-0.2, 0) is 4.79 Å². The molecule has 0 radical (unpaired) electrons. The Hall–Kier alpha value is -1.69. The lowest BCUT2D eigenvalue weighted by atomic mass is 10.3. The van der Waals surface area contributed by atoms with Crippen molar-refractivity contribution in [2.24, 2.45) is 5.84 Å². The van der Waals surface area contributed by atoms with E-state index in [4.69, 9.17) is 10.6 Å². The third-order valence-electron chi connectivity index (χ3n) is 1.86. The molecule has 0 heterocycles. The third kappa shape index (κ3) is 3.82. The lowest BCUT2D eigenvalue weighted by Crippen LogP contribution is -2.29. The van der Waals surface area contributed by atoms with Gasteiger partial charge in [0.25, 0.3) is 0 Å². The fourth-order valence-corrected chi connectivity index (χ4v) is 1.08. The molecule has 1 aromatic rings. The van der Waals surface area contributed by atoms with Crippen LogP contribution in [0.5, 0.6) is 5.75 Å². The maximum atomic E-state index is 13.0. The molecular formula is C10H12F2N2O2. The Kier molecular flexibility index (Phi) is 4.65. The van der Waals surface area contributed by atoms with Crippen molar-refractivity contribution in [1.29, 1.82) is 0 Å². The molecule has 0 spiro atoms. The van der Waals surface area contributed by atoms with Gasteiger partial charge in [0.1, 0.15) is 5.82 Å². The second kappa shape index (κ2) is 6.02. The zero-order chi connectivity index (χ0) is 12.0. The molecular weight excluding hydrogens is 218 g/mol. The maximum Gasteiger partial charge on any atom is 0.234 e. The van der Waals surface area contributed by atoms with Crippen molar-refractivity contribution in [3.63, 3.8) is 0 Å². The zero-order valence-corrected chi connectivity index (χ0v) is 8.50. The Labute approximate surface area is 91.4 Å². The van der Waals surface area contributed by atoms with Gasteiger partial charge in [-0.3, -0.25) is 10.2 Å². The summed E-state index contributed by atoms with van der Waals surface area (Å²) < 4.78 is 30.6. The van der Waals surface area contributed by atoms with Crippen molar-refractivity contribution in [3.8, 4) is 5.75 Å². The van der Waals surface area contributed by atoms with E-state index >= 15 is 0 Å². The summed E-state index contributed by atoms with van der Waals surface area (Å²) in [5, 5.41) is 0. The lowest BCUT2D eigenvalue weighted by Gasteiger charge is -2.06. The molecule has 0 aliphatic carbocycles. The summed E-state index contributed by atoms with van der Waals surface area (Å²) in [6.07, 6.45) is 0.596. The monoisotopic (exact) mass is 230 g/mol.